The third kappa shape index (κ3) is 3.48. The highest BCUT2D eigenvalue weighted by Crippen LogP contribution is 2.33. The standard InChI is InChI=1S/C15H27N3S/c1-5-6-13-7-9-18(10-8-13)15-17-12(3)14(19-15)11(2)16-4/h11,13,16H,5-10H2,1-4H3. The van der Waals surface area contributed by atoms with E-state index in [9.17, 15) is 0 Å². The summed E-state index contributed by atoms with van der Waals surface area (Å²) in [6.07, 6.45) is 5.39. The first-order valence-electron chi connectivity index (χ1n) is 7.55. The molecular weight excluding hydrogens is 254 g/mol. The molecule has 0 bridgehead atoms. The first kappa shape index (κ1) is 14.8. The van der Waals surface area contributed by atoms with Crippen molar-refractivity contribution in [2.24, 2.45) is 5.92 Å². The summed E-state index contributed by atoms with van der Waals surface area (Å²) in [6, 6.07) is 0.406. The second-order valence-corrected chi connectivity index (χ2v) is 6.68. The molecule has 4 heteroatoms. The summed E-state index contributed by atoms with van der Waals surface area (Å²) >= 11 is 1.87. The molecule has 1 saturated heterocycles. The van der Waals surface area contributed by atoms with Gasteiger partial charge in [-0.2, -0.15) is 0 Å². The lowest BCUT2D eigenvalue weighted by molar-refractivity contribution is 0.378. The molecule has 0 amide bonds. The Labute approximate surface area is 121 Å². The molecule has 1 unspecified atom stereocenters. The van der Waals surface area contributed by atoms with Crippen LogP contribution in [0.4, 0.5) is 5.13 Å². The predicted octanol–water partition coefficient (Wildman–Crippen LogP) is 3.75. The van der Waals surface area contributed by atoms with Gasteiger partial charge in [-0.25, -0.2) is 4.98 Å². The van der Waals surface area contributed by atoms with Crippen LogP contribution >= 0.6 is 11.3 Å². The fraction of sp³-hybridized carbons (Fsp3) is 0.800. The average Bonchev–Trinajstić information content (AvgIpc) is 2.81. The molecule has 2 heterocycles. The van der Waals surface area contributed by atoms with Crippen molar-refractivity contribution in [1.82, 2.24) is 10.3 Å². The Morgan fingerprint density at radius 2 is 2.11 bits per heavy atom. The van der Waals surface area contributed by atoms with E-state index < -0.39 is 0 Å². The summed E-state index contributed by atoms with van der Waals surface area (Å²) in [6.45, 7) is 9.00. The van der Waals surface area contributed by atoms with Crippen LogP contribution in [0.1, 0.15) is 56.1 Å². The van der Waals surface area contributed by atoms with Crippen LogP contribution in [-0.4, -0.2) is 25.1 Å². The largest absolute Gasteiger partial charge is 0.348 e. The number of piperidine rings is 1. The minimum absolute atomic E-state index is 0.406. The molecule has 19 heavy (non-hydrogen) atoms. The molecule has 0 radical (unpaired) electrons. The van der Waals surface area contributed by atoms with E-state index in [4.69, 9.17) is 4.98 Å². The molecule has 1 aliphatic heterocycles. The molecule has 0 saturated carbocycles. The summed E-state index contributed by atoms with van der Waals surface area (Å²) in [5.41, 5.74) is 1.19. The minimum Gasteiger partial charge on any atom is -0.348 e. The molecule has 3 nitrogen and oxygen atoms in total. The molecule has 1 fully saturated rings. The second kappa shape index (κ2) is 6.71. The van der Waals surface area contributed by atoms with Crippen LogP contribution in [0.25, 0.3) is 0 Å². The van der Waals surface area contributed by atoms with Crippen LogP contribution in [0.5, 0.6) is 0 Å². The number of nitrogens with zero attached hydrogens (tertiary/aromatic N) is 2. The Kier molecular flexibility index (Phi) is 5.22. The summed E-state index contributed by atoms with van der Waals surface area (Å²) in [5.74, 6) is 0.943. The van der Waals surface area contributed by atoms with E-state index >= 15 is 0 Å². The second-order valence-electron chi connectivity index (χ2n) is 5.68. The number of aryl methyl sites for hydroxylation is 1. The fourth-order valence-corrected chi connectivity index (χ4v) is 4.06. The van der Waals surface area contributed by atoms with Gasteiger partial charge in [0.25, 0.3) is 0 Å². The maximum atomic E-state index is 4.78. The number of aromatic nitrogens is 1. The highest BCUT2D eigenvalue weighted by Gasteiger charge is 2.22. The number of anilines is 1. The van der Waals surface area contributed by atoms with Crippen LogP contribution in [0, 0.1) is 12.8 Å². The summed E-state index contributed by atoms with van der Waals surface area (Å²) in [7, 11) is 2.01. The van der Waals surface area contributed by atoms with E-state index in [1.165, 1.54) is 54.5 Å². The van der Waals surface area contributed by atoms with Crippen molar-refractivity contribution in [3.8, 4) is 0 Å². The van der Waals surface area contributed by atoms with Crippen molar-refractivity contribution < 1.29 is 0 Å². The zero-order valence-electron chi connectivity index (χ0n) is 12.7. The number of rotatable bonds is 5. The van der Waals surface area contributed by atoms with Gasteiger partial charge in [-0.1, -0.05) is 19.8 Å². The minimum atomic E-state index is 0.406. The quantitative estimate of drug-likeness (QED) is 0.891. The highest BCUT2D eigenvalue weighted by atomic mass is 32.1. The van der Waals surface area contributed by atoms with Gasteiger partial charge in [0, 0.05) is 24.0 Å². The van der Waals surface area contributed by atoms with E-state index in [1.54, 1.807) is 0 Å². The SMILES string of the molecule is CCCC1CCN(c2nc(C)c(C(C)NC)s2)CC1. The number of thiazole rings is 1. The van der Waals surface area contributed by atoms with Gasteiger partial charge in [-0.3, -0.25) is 0 Å². The monoisotopic (exact) mass is 281 g/mol. The van der Waals surface area contributed by atoms with Crippen LogP contribution < -0.4 is 10.2 Å². The first-order chi connectivity index (χ1) is 9.15. The van der Waals surface area contributed by atoms with Gasteiger partial charge in [0.2, 0.25) is 0 Å². The molecular formula is C15H27N3S. The van der Waals surface area contributed by atoms with Gasteiger partial charge in [-0.15, -0.1) is 11.3 Å². The maximum Gasteiger partial charge on any atom is 0.185 e. The highest BCUT2D eigenvalue weighted by molar-refractivity contribution is 7.15. The Morgan fingerprint density at radius 1 is 1.42 bits per heavy atom. The molecule has 1 N–H and O–H groups in total. The normalized spacial score (nSPS) is 18.8. The average molecular weight is 281 g/mol. The van der Waals surface area contributed by atoms with Gasteiger partial charge in [-0.05, 0) is 39.7 Å². The lowest BCUT2D eigenvalue weighted by atomic mass is 9.93. The Bertz CT molecular complexity index is 394. The van der Waals surface area contributed by atoms with Gasteiger partial charge in [0.15, 0.2) is 5.13 Å². The Balaban J connectivity index is 2.00. The molecule has 1 aromatic heterocycles. The number of hydrogen-bond donors (Lipinski definition) is 1. The molecule has 0 spiro atoms. The zero-order chi connectivity index (χ0) is 13.8. The molecule has 2 rings (SSSR count). The van der Waals surface area contributed by atoms with Crippen molar-refractivity contribution >= 4 is 16.5 Å². The van der Waals surface area contributed by atoms with Crippen molar-refractivity contribution in [1.29, 1.82) is 0 Å². The topological polar surface area (TPSA) is 28.2 Å². The Hall–Kier alpha value is -0.610. The molecule has 1 atom stereocenters. The van der Waals surface area contributed by atoms with Gasteiger partial charge >= 0.3 is 0 Å². The molecule has 1 aliphatic rings. The van der Waals surface area contributed by atoms with Gasteiger partial charge in [0.05, 0.1) is 5.69 Å². The van der Waals surface area contributed by atoms with E-state index in [0.29, 0.717) is 6.04 Å². The van der Waals surface area contributed by atoms with Crippen LogP contribution in [-0.2, 0) is 0 Å². The lowest BCUT2D eigenvalue weighted by Gasteiger charge is -2.31. The number of hydrogen-bond acceptors (Lipinski definition) is 4. The lowest BCUT2D eigenvalue weighted by Crippen LogP contribution is -2.33. The summed E-state index contributed by atoms with van der Waals surface area (Å²) < 4.78 is 0. The molecule has 0 aromatic carbocycles. The van der Waals surface area contributed by atoms with Crippen molar-refractivity contribution in [3.63, 3.8) is 0 Å². The zero-order valence-corrected chi connectivity index (χ0v) is 13.5. The van der Waals surface area contributed by atoms with Crippen LogP contribution in [0.2, 0.25) is 0 Å². The summed E-state index contributed by atoms with van der Waals surface area (Å²) in [4.78, 5) is 8.64. The maximum absolute atomic E-state index is 4.78. The van der Waals surface area contributed by atoms with Crippen molar-refractivity contribution in [2.45, 2.75) is 52.5 Å². The van der Waals surface area contributed by atoms with Crippen molar-refractivity contribution in [2.75, 3.05) is 25.0 Å². The molecule has 1 aromatic rings. The van der Waals surface area contributed by atoms with E-state index in [-0.39, 0.29) is 0 Å². The molecule has 0 aliphatic carbocycles. The van der Waals surface area contributed by atoms with Crippen molar-refractivity contribution in [3.05, 3.63) is 10.6 Å². The van der Waals surface area contributed by atoms with E-state index in [1.807, 2.05) is 18.4 Å². The molecule has 108 valence electrons. The third-order valence-electron chi connectivity index (χ3n) is 4.23. The Morgan fingerprint density at radius 3 is 2.68 bits per heavy atom. The fourth-order valence-electron chi connectivity index (χ4n) is 2.88. The predicted molar refractivity (Wildman–Crippen MR) is 84.2 cm³/mol. The van der Waals surface area contributed by atoms with Gasteiger partial charge in [0.1, 0.15) is 0 Å². The summed E-state index contributed by atoms with van der Waals surface area (Å²) in [5, 5.41) is 4.54. The van der Waals surface area contributed by atoms with Gasteiger partial charge < -0.3 is 10.2 Å². The smallest absolute Gasteiger partial charge is 0.185 e. The first-order valence-corrected chi connectivity index (χ1v) is 8.36. The third-order valence-corrected chi connectivity index (χ3v) is 5.63. The van der Waals surface area contributed by atoms with E-state index in [2.05, 4.69) is 31.0 Å². The van der Waals surface area contributed by atoms with E-state index in [0.717, 1.165) is 5.92 Å². The van der Waals surface area contributed by atoms with Crippen LogP contribution in [0.15, 0.2) is 0 Å². The van der Waals surface area contributed by atoms with Crippen LogP contribution in [0.3, 0.4) is 0 Å². The number of nitrogens with one attached hydrogen (secondary N) is 1.